The summed E-state index contributed by atoms with van der Waals surface area (Å²) in [6.45, 7) is 5.96. The van der Waals surface area contributed by atoms with Gasteiger partial charge in [0.1, 0.15) is 17.9 Å². The predicted molar refractivity (Wildman–Crippen MR) is 132 cm³/mol. The second-order valence-corrected chi connectivity index (χ2v) is 8.82. The largest absolute Gasteiger partial charge is 0.490 e. The van der Waals surface area contributed by atoms with E-state index in [4.69, 9.17) is 9.15 Å². The molecule has 1 amide bonds. The van der Waals surface area contributed by atoms with Crippen molar-refractivity contribution in [2.24, 2.45) is 0 Å². The van der Waals surface area contributed by atoms with Gasteiger partial charge < -0.3 is 9.15 Å². The Morgan fingerprint density at radius 1 is 1.09 bits per heavy atom. The zero-order chi connectivity index (χ0) is 23.1. The molecule has 164 valence electrons. The summed E-state index contributed by atoms with van der Waals surface area (Å²) in [7, 11) is 0. The van der Waals surface area contributed by atoms with Crippen LogP contribution in [-0.4, -0.2) is 12.5 Å². The molecule has 0 saturated heterocycles. The first-order valence-electron chi connectivity index (χ1n) is 10.5. The van der Waals surface area contributed by atoms with Crippen molar-refractivity contribution in [3.05, 3.63) is 117 Å². The van der Waals surface area contributed by atoms with Crippen LogP contribution in [0.4, 0.5) is 5.69 Å². The van der Waals surface area contributed by atoms with Crippen LogP contribution < -0.4 is 15.1 Å². The summed E-state index contributed by atoms with van der Waals surface area (Å²) in [5, 5.41) is 0.460. The van der Waals surface area contributed by atoms with Crippen LogP contribution in [0.2, 0.25) is 0 Å². The molecule has 1 aliphatic rings. The van der Waals surface area contributed by atoms with Gasteiger partial charge in [-0.05, 0) is 55.0 Å². The molecule has 5 rings (SSSR count). The molecule has 0 bridgehead atoms. The average molecular weight is 502 g/mol. The average Bonchev–Trinajstić information content (AvgIpc) is 3.11. The molecule has 0 fully saturated rings. The van der Waals surface area contributed by atoms with Crippen molar-refractivity contribution in [3.8, 4) is 5.75 Å². The second-order valence-electron chi connectivity index (χ2n) is 7.90. The number of benzene rings is 3. The Labute approximate surface area is 199 Å². The molecular formula is C27H20BrNO4. The maximum Gasteiger partial charge on any atom is 0.295 e. The molecule has 1 unspecified atom stereocenters. The normalized spacial score (nSPS) is 15.0. The predicted octanol–water partition coefficient (Wildman–Crippen LogP) is 6.18. The Morgan fingerprint density at radius 3 is 2.70 bits per heavy atom. The molecule has 2 heterocycles. The Morgan fingerprint density at radius 2 is 1.91 bits per heavy atom. The third-order valence-corrected chi connectivity index (χ3v) is 6.15. The minimum atomic E-state index is -0.657. The van der Waals surface area contributed by atoms with Crippen molar-refractivity contribution < 1.29 is 13.9 Å². The smallest absolute Gasteiger partial charge is 0.295 e. The molecule has 33 heavy (non-hydrogen) atoms. The summed E-state index contributed by atoms with van der Waals surface area (Å²) in [6, 6.07) is 19.6. The van der Waals surface area contributed by atoms with Crippen LogP contribution in [0.1, 0.15) is 33.3 Å². The van der Waals surface area contributed by atoms with Crippen LogP contribution in [0, 0.1) is 6.92 Å². The first-order valence-corrected chi connectivity index (χ1v) is 11.3. The number of rotatable bonds is 5. The molecule has 1 aromatic heterocycles. The van der Waals surface area contributed by atoms with E-state index in [-0.39, 0.29) is 17.1 Å². The number of ether oxygens (including phenoxy) is 1. The summed E-state index contributed by atoms with van der Waals surface area (Å²) in [5.41, 5.74) is 2.88. The van der Waals surface area contributed by atoms with Gasteiger partial charge in [0.25, 0.3) is 5.91 Å². The van der Waals surface area contributed by atoms with Gasteiger partial charge in [0.05, 0.1) is 17.0 Å². The third kappa shape index (κ3) is 3.66. The highest BCUT2D eigenvalue weighted by Gasteiger charge is 2.43. The van der Waals surface area contributed by atoms with E-state index in [0.29, 0.717) is 34.6 Å². The molecule has 0 radical (unpaired) electrons. The number of aryl methyl sites for hydroxylation is 1. The van der Waals surface area contributed by atoms with Crippen molar-refractivity contribution >= 4 is 38.5 Å². The molecule has 0 N–H and O–H groups in total. The van der Waals surface area contributed by atoms with Crippen LogP contribution in [0.25, 0.3) is 11.0 Å². The van der Waals surface area contributed by atoms with Crippen LogP contribution in [0.5, 0.6) is 5.75 Å². The fourth-order valence-corrected chi connectivity index (χ4v) is 4.61. The monoisotopic (exact) mass is 501 g/mol. The first-order chi connectivity index (χ1) is 16.0. The summed E-state index contributed by atoms with van der Waals surface area (Å²) in [5.74, 6) is 0.340. The molecule has 0 spiro atoms. The highest BCUT2D eigenvalue weighted by Crippen LogP contribution is 2.42. The lowest BCUT2D eigenvalue weighted by Gasteiger charge is -2.25. The van der Waals surface area contributed by atoms with Gasteiger partial charge in [-0.25, -0.2) is 0 Å². The molecule has 4 aromatic rings. The molecule has 3 aromatic carbocycles. The Kier molecular flexibility index (Phi) is 5.38. The minimum absolute atomic E-state index is 0.0683. The number of nitrogens with zero attached hydrogens (tertiary/aromatic N) is 1. The van der Waals surface area contributed by atoms with Crippen molar-refractivity contribution in [1.29, 1.82) is 0 Å². The number of carbonyl (C=O) groups excluding carboxylic acids is 1. The van der Waals surface area contributed by atoms with Crippen molar-refractivity contribution in [2.75, 3.05) is 11.5 Å². The molecular weight excluding hydrogens is 482 g/mol. The second kappa shape index (κ2) is 8.37. The molecule has 0 saturated carbocycles. The lowest BCUT2D eigenvalue weighted by Crippen LogP contribution is -2.29. The topological polar surface area (TPSA) is 59.8 Å². The van der Waals surface area contributed by atoms with Crippen LogP contribution in [-0.2, 0) is 0 Å². The van der Waals surface area contributed by atoms with E-state index in [0.717, 1.165) is 15.6 Å². The summed E-state index contributed by atoms with van der Waals surface area (Å²) in [6.07, 6.45) is 1.66. The van der Waals surface area contributed by atoms with E-state index in [1.165, 1.54) is 0 Å². The third-order valence-electron chi connectivity index (χ3n) is 5.65. The van der Waals surface area contributed by atoms with Gasteiger partial charge in [0.2, 0.25) is 5.76 Å². The molecule has 5 nitrogen and oxygen atoms in total. The lowest BCUT2D eigenvalue weighted by molar-refractivity contribution is 0.0971. The van der Waals surface area contributed by atoms with Gasteiger partial charge >= 0.3 is 0 Å². The summed E-state index contributed by atoms with van der Waals surface area (Å²) in [4.78, 5) is 29.0. The molecule has 6 heteroatoms. The fraction of sp³-hybridized carbons (Fsp3) is 0.111. The first kappa shape index (κ1) is 21.2. The number of fused-ring (bicyclic) bond motifs is 2. The van der Waals surface area contributed by atoms with Gasteiger partial charge in [0, 0.05) is 10.2 Å². The van der Waals surface area contributed by atoms with Crippen molar-refractivity contribution in [3.63, 3.8) is 0 Å². The Bertz CT molecular complexity index is 1470. The maximum atomic E-state index is 13.7. The molecule has 1 aliphatic heterocycles. The van der Waals surface area contributed by atoms with E-state index >= 15 is 0 Å². The van der Waals surface area contributed by atoms with Gasteiger partial charge in [-0.3, -0.25) is 14.5 Å². The number of amides is 1. The van der Waals surface area contributed by atoms with Gasteiger partial charge in [-0.1, -0.05) is 58.4 Å². The van der Waals surface area contributed by atoms with Crippen molar-refractivity contribution in [2.45, 2.75) is 13.0 Å². The Balaban J connectivity index is 1.78. The van der Waals surface area contributed by atoms with Crippen LogP contribution in [0.3, 0.4) is 0 Å². The SMILES string of the molecule is C=CCOc1cccc(C2c3c(oc4ccc(C)cc4c3=O)C(=O)N2c2cccc(Br)c2)c1. The zero-order valence-corrected chi connectivity index (χ0v) is 19.5. The molecule has 0 aliphatic carbocycles. The number of hydrogen-bond acceptors (Lipinski definition) is 4. The number of carbonyl (C=O) groups is 1. The lowest BCUT2D eigenvalue weighted by atomic mass is 9.97. The van der Waals surface area contributed by atoms with E-state index < -0.39 is 6.04 Å². The van der Waals surface area contributed by atoms with Crippen LogP contribution in [0.15, 0.2) is 93.1 Å². The summed E-state index contributed by atoms with van der Waals surface area (Å²) >= 11 is 3.49. The highest BCUT2D eigenvalue weighted by molar-refractivity contribution is 9.10. The van der Waals surface area contributed by atoms with Gasteiger partial charge in [-0.15, -0.1) is 0 Å². The number of anilines is 1. The van der Waals surface area contributed by atoms with E-state index in [1.807, 2.05) is 61.5 Å². The highest BCUT2D eigenvalue weighted by atomic mass is 79.9. The molecule has 1 atom stereocenters. The quantitative estimate of drug-likeness (QED) is 0.306. The van der Waals surface area contributed by atoms with E-state index in [2.05, 4.69) is 22.5 Å². The minimum Gasteiger partial charge on any atom is -0.490 e. The number of halogens is 1. The zero-order valence-electron chi connectivity index (χ0n) is 17.9. The van der Waals surface area contributed by atoms with Gasteiger partial charge in [0.15, 0.2) is 5.43 Å². The van der Waals surface area contributed by atoms with E-state index in [9.17, 15) is 9.59 Å². The van der Waals surface area contributed by atoms with Crippen molar-refractivity contribution in [1.82, 2.24) is 0 Å². The van der Waals surface area contributed by atoms with E-state index in [1.54, 1.807) is 23.1 Å². The summed E-state index contributed by atoms with van der Waals surface area (Å²) < 4.78 is 12.6. The van der Waals surface area contributed by atoms with Gasteiger partial charge in [-0.2, -0.15) is 0 Å². The Hall–Kier alpha value is -3.64. The van der Waals surface area contributed by atoms with Crippen LogP contribution >= 0.6 is 15.9 Å². The maximum absolute atomic E-state index is 13.7. The fourth-order valence-electron chi connectivity index (χ4n) is 4.22. The number of hydrogen-bond donors (Lipinski definition) is 0. The standard InChI is InChI=1S/C27H20BrNO4/c1-3-12-32-20-9-4-6-17(14-20)24-23-25(30)21-13-16(2)10-11-22(21)33-26(23)27(31)29(24)19-8-5-7-18(28)15-19/h3-11,13-15,24H,1,12H2,2H3.